The fourth-order valence-corrected chi connectivity index (χ4v) is 3.07. The van der Waals surface area contributed by atoms with Crippen LogP contribution in [0.15, 0.2) is 24.3 Å². The molecule has 9 nitrogen and oxygen atoms in total. The zero-order valence-corrected chi connectivity index (χ0v) is 14.1. The SMILES string of the molecule is COCCn1nnnc1[C@@H]1CN(Cc2nc3ccccc3[nH]2)CCO1. The van der Waals surface area contributed by atoms with Crippen molar-refractivity contribution in [1.29, 1.82) is 0 Å². The molecule has 1 aliphatic rings. The molecular weight excluding hydrogens is 322 g/mol. The van der Waals surface area contributed by atoms with Gasteiger partial charge in [0.25, 0.3) is 0 Å². The van der Waals surface area contributed by atoms with E-state index in [1.807, 2.05) is 24.3 Å². The number of methoxy groups -OCH3 is 1. The number of para-hydroxylation sites is 2. The third-order valence-electron chi connectivity index (χ3n) is 4.32. The van der Waals surface area contributed by atoms with Crippen molar-refractivity contribution in [2.75, 3.05) is 33.4 Å². The number of nitrogens with one attached hydrogen (secondary N) is 1. The van der Waals surface area contributed by atoms with Gasteiger partial charge in [0.05, 0.1) is 37.3 Å². The number of aromatic amines is 1. The minimum Gasteiger partial charge on any atom is -0.383 e. The fraction of sp³-hybridized carbons (Fsp3) is 0.500. The quantitative estimate of drug-likeness (QED) is 0.706. The Balaban J connectivity index is 1.45. The van der Waals surface area contributed by atoms with Gasteiger partial charge in [-0.1, -0.05) is 12.1 Å². The van der Waals surface area contributed by atoms with Crippen LogP contribution in [-0.2, 0) is 22.6 Å². The summed E-state index contributed by atoms with van der Waals surface area (Å²) in [7, 11) is 1.66. The maximum atomic E-state index is 5.89. The van der Waals surface area contributed by atoms with Gasteiger partial charge in [-0.05, 0) is 22.6 Å². The highest BCUT2D eigenvalue weighted by Gasteiger charge is 2.27. The number of aromatic nitrogens is 6. The van der Waals surface area contributed by atoms with Crippen LogP contribution in [0, 0.1) is 0 Å². The summed E-state index contributed by atoms with van der Waals surface area (Å²) < 4.78 is 12.7. The minimum atomic E-state index is -0.148. The van der Waals surface area contributed by atoms with E-state index in [-0.39, 0.29) is 6.10 Å². The van der Waals surface area contributed by atoms with Crippen molar-refractivity contribution < 1.29 is 9.47 Å². The number of fused-ring (bicyclic) bond motifs is 1. The van der Waals surface area contributed by atoms with Gasteiger partial charge in [0.1, 0.15) is 11.9 Å². The summed E-state index contributed by atoms with van der Waals surface area (Å²) in [5, 5.41) is 11.9. The predicted molar refractivity (Wildman–Crippen MR) is 89.8 cm³/mol. The van der Waals surface area contributed by atoms with E-state index in [9.17, 15) is 0 Å². The Kier molecular flexibility index (Phi) is 4.68. The highest BCUT2D eigenvalue weighted by molar-refractivity contribution is 5.74. The number of hydrogen-bond donors (Lipinski definition) is 1. The van der Waals surface area contributed by atoms with Crippen LogP contribution in [0.25, 0.3) is 11.0 Å². The summed E-state index contributed by atoms with van der Waals surface area (Å²) >= 11 is 0. The van der Waals surface area contributed by atoms with Gasteiger partial charge in [-0.15, -0.1) is 5.10 Å². The Morgan fingerprint density at radius 1 is 1.36 bits per heavy atom. The van der Waals surface area contributed by atoms with E-state index in [2.05, 4.69) is 30.4 Å². The molecule has 1 aromatic carbocycles. The zero-order chi connectivity index (χ0) is 17.1. The molecule has 1 atom stereocenters. The Bertz CT molecular complexity index is 798. The lowest BCUT2D eigenvalue weighted by atomic mass is 10.2. The lowest BCUT2D eigenvalue weighted by Gasteiger charge is -2.31. The van der Waals surface area contributed by atoms with Crippen LogP contribution < -0.4 is 0 Å². The molecule has 3 aromatic rings. The smallest absolute Gasteiger partial charge is 0.181 e. The highest BCUT2D eigenvalue weighted by atomic mass is 16.5. The molecule has 1 saturated heterocycles. The topological polar surface area (TPSA) is 94.0 Å². The molecule has 0 amide bonds. The van der Waals surface area contributed by atoms with E-state index >= 15 is 0 Å². The van der Waals surface area contributed by atoms with Crippen molar-refractivity contribution in [1.82, 2.24) is 35.1 Å². The van der Waals surface area contributed by atoms with Crippen LogP contribution in [0.4, 0.5) is 0 Å². The minimum absolute atomic E-state index is 0.148. The van der Waals surface area contributed by atoms with E-state index in [0.29, 0.717) is 19.8 Å². The van der Waals surface area contributed by atoms with Gasteiger partial charge in [0, 0.05) is 20.2 Å². The number of benzene rings is 1. The highest BCUT2D eigenvalue weighted by Crippen LogP contribution is 2.21. The maximum Gasteiger partial charge on any atom is 0.181 e. The van der Waals surface area contributed by atoms with Crippen LogP contribution in [0.2, 0.25) is 0 Å². The molecule has 1 aliphatic heterocycles. The maximum absolute atomic E-state index is 5.89. The van der Waals surface area contributed by atoms with Gasteiger partial charge < -0.3 is 14.5 Å². The number of tetrazole rings is 1. The largest absolute Gasteiger partial charge is 0.383 e. The summed E-state index contributed by atoms with van der Waals surface area (Å²) in [6, 6.07) is 8.06. The van der Waals surface area contributed by atoms with Crippen molar-refractivity contribution in [2.45, 2.75) is 19.2 Å². The second kappa shape index (κ2) is 7.26. The number of hydrogen-bond acceptors (Lipinski definition) is 7. The van der Waals surface area contributed by atoms with Gasteiger partial charge >= 0.3 is 0 Å². The number of H-pyrrole nitrogens is 1. The number of imidazole rings is 1. The summed E-state index contributed by atoms with van der Waals surface area (Å²) in [5.41, 5.74) is 2.05. The predicted octanol–water partition coefficient (Wildman–Crippen LogP) is 0.769. The van der Waals surface area contributed by atoms with E-state index in [4.69, 9.17) is 9.47 Å². The first-order valence-corrected chi connectivity index (χ1v) is 8.36. The summed E-state index contributed by atoms with van der Waals surface area (Å²) in [6.07, 6.45) is -0.148. The average molecular weight is 343 g/mol. The number of nitrogens with zero attached hydrogens (tertiary/aromatic N) is 6. The molecule has 4 rings (SSSR count). The molecule has 25 heavy (non-hydrogen) atoms. The Labute approximate surface area is 144 Å². The van der Waals surface area contributed by atoms with Crippen LogP contribution >= 0.6 is 0 Å². The molecule has 9 heteroatoms. The third-order valence-corrected chi connectivity index (χ3v) is 4.32. The van der Waals surface area contributed by atoms with Crippen molar-refractivity contribution >= 4 is 11.0 Å². The van der Waals surface area contributed by atoms with Crippen LogP contribution in [0.3, 0.4) is 0 Å². The first-order chi connectivity index (χ1) is 12.3. The van der Waals surface area contributed by atoms with E-state index in [1.165, 1.54) is 0 Å². The summed E-state index contributed by atoms with van der Waals surface area (Å²) in [5.74, 6) is 1.70. The molecule has 0 radical (unpaired) electrons. The normalized spacial score (nSPS) is 18.8. The van der Waals surface area contributed by atoms with Crippen LogP contribution in [0.1, 0.15) is 17.8 Å². The second-order valence-corrected chi connectivity index (χ2v) is 6.05. The molecule has 0 bridgehead atoms. The van der Waals surface area contributed by atoms with E-state index in [1.54, 1.807) is 11.8 Å². The number of rotatable bonds is 6. The Morgan fingerprint density at radius 2 is 2.28 bits per heavy atom. The average Bonchev–Trinajstić information content (AvgIpc) is 3.26. The van der Waals surface area contributed by atoms with E-state index in [0.717, 1.165) is 42.3 Å². The van der Waals surface area contributed by atoms with Crippen molar-refractivity contribution in [2.24, 2.45) is 0 Å². The number of morpholine rings is 1. The molecule has 3 heterocycles. The molecule has 2 aromatic heterocycles. The molecule has 1 fully saturated rings. The van der Waals surface area contributed by atoms with Crippen LogP contribution in [0.5, 0.6) is 0 Å². The molecule has 132 valence electrons. The first kappa shape index (κ1) is 16.1. The van der Waals surface area contributed by atoms with Gasteiger partial charge in [0.15, 0.2) is 5.82 Å². The Morgan fingerprint density at radius 3 is 3.16 bits per heavy atom. The first-order valence-electron chi connectivity index (χ1n) is 8.36. The molecule has 1 N–H and O–H groups in total. The van der Waals surface area contributed by atoms with E-state index < -0.39 is 0 Å². The fourth-order valence-electron chi connectivity index (χ4n) is 3.07. The second-order valence-electron chi connectivity index (χ2n) is 6.05. The number of ether oxygens (including phenoxy) is 2. The van der Waals surface area contributed by atoms with Gasteiger partial charge in [-0.25, -0.2) is 9.67 Å². The lowest BCUT2D eigenvalue weighted by molar-refractivity contribution is -0.0403. The van der Waals surface area contributed by atoms with Crippen molar-refractivity contribution in [3.05, 3.63) is 35.9 Å². The molecule has 0 saturated carbocycles. The molecule has 0 aliphatic carbocycles. The lowest BCUT2D eigenvalue weighted by Crippen LogP contribution is -2.39. The van der Waals surface area contributed by atoms with Gasteiger partial charge in [-0.3, -0.25) is 4.90 Å². The van der Waals surface area contributed by atoms with Crippen molar-refractivity contribution in [3.8, 4) is 0 Å². The summed E-state index contributed by atoms with van der Waals surface area (Å²) in [6.45, 7) is 4.14. The third kappa shape index (κ3) is 3.53. The molecule has 0 spiro atoms. The monoisotopic (exact) mass is 343 g/mol. The summed E-state index contributed by atoms with van der Waals surface area (Å²) in [4.78, 5) is 10.3. The van der Waals surface area contributed by atoms with Gasteiger partial charge in [0.2, 0.25) is 0 Å². The van der Waals surface area contributed by atoms with Crippen molar-refractivity contribution in [3.63, 3.8) is 0 Å². The Hall–Kier alpha value is -2.36. The van der Waals surface area contributed by atoms with Crippen LogP contribution in [-0.4, -0.2) is 68.5 Å². The molecular formula is C16H21N7O2. The standard InChI is InChI=1S/C16H21N7O2/c1-24-8-7-23-16(19-20-21-23)14-10-22(6-9-25-14)11-15-17-12-4-2-3-5-13(12)18-15/h2-5,14H,6-11H2,1H3,(H,17,18)/t14-/m0/s1. The zero-order valence-electron chi connectivity index (χ0n) is 14.1. The van der Waals surface area contributed by atoms with Gasteiger partial charge in [-0.2, -0.15) is 0 Å². The molecule has 0 unspecified atom stereocenters.